The molecule has 0 spiro atoms. The molecule has 1 N–H and O–H groups in total. The van der Waals surface area contributed by atoms with Crippen LogP contribution < -0.4 is 4.90 Å². The van der Waals surface area contributed by atoms with Gasteiger partial charge in [-0.25, -0.2) is 4.79 Å². The molecule has 4 aromatic carbocycles. The molecule has 4 heteroatoms. The van der Waals surface area contributed by atoms with Crippen LogP contribution in [0.25, 0.3) is 17.2 Å². The minimum absolute atomic E-state index is 0.288. The van der Waals surface area contributed by atoms with Crippen LogP contribution in [0.3, 0.4) is 0 Å². The molecule has 0 fully saturated rings. The zero-order valence-electron chi connectivity index (χ0n) is 18.1. The molecule has 4 aromatic rings. The molecule has 160 valence electrons. The lowest BCUT2D eigenvalue weighted by molar-refractivity contribution is -0.132. The molecule has 0 aliphatic carbocycles. The van der Waals surface area contributed by atoms with Gasteiger partial charge in [0.1, 0.15) is 11.6 Å². The molecular formula is C29H22N2O2. The smallest absolute Gasteiger partial charge is 0.346 e. The zero-order valence-corrected chi connectivity index (χ0v) is 18.1. The number of para-hydroxylation sites is 1. The zero-order chi connectivity index (χ0) is 23.2. The van der Waals surface area contributed by atoms with Crippen LogP contribution in [0.2, 0.25) is 0 Å². The van der Waals surface area contributed by atoms with Gasteiger partial charge in [0.2, 0.25) is 0 Å². The molecule has 0 aromatic heterocycles. The summed E-state index contributed by atoms with van der Waals surface area (Å²) in [4.78, 5) is 13.3. The van der Waals surface area contributed by atoms with E-state index in [9.17, 15) is 4.79 Å². The van der Waals surface area contributed by atoms with Crippen molar-refractivity contribution in [1.82, 2.24) is 0 Å². The molecule has 0 radical (unpaired) electrons. The average molecular weight is 431 g/mol. The number of carbonyl (C=O) groups is 1. The molecule has 0 saturated carbocycles. The van der Waals surface area contributed by atoms with E-state index in [4.69, 9.17) is 10.4 Å². The van der Waals surface area contributed by atoms with Crippen LogP contribution in [0.5, 0.6) is 0 Å². The van der Waals surface area contributed by atoms with E-state index in [1.165, 1.54) is 11.6 Å². The van der Waals surface area contributed by atoms with Crippen LogP contribution >= 0.6 is 0 Å². The van der Waals surface area contributed by atoms with Gasteiger partial charge in [0, 0.05) is 17.1 Å². The quantitative estimate of drug-likeness (QED) is 0.261. The van der Waals surface area contributed by atoms with Gasteiger partial charge in [-0.1, -0.05) is 66.7 Å². The Labute approximate surface area is 193 Å². The van der Waals surface area contributed by atoms with Crippen molar-refractivity contribution >= 4 is 29.1 Å². The van der Waals surface area contributed by atoms with Gasteiger partial charge in [0.15, 0.2) is 0 Å². The summed E-state index contributed by atoms with van der Waals surface area (Å²) in [6, 6.07) is 36.2. The Balaban J connectivity index is 1.65. The molecule has 0 saturated heterocycles. The molecule has 0 atom stereocenters. The number of aliphatic carboxylic acids is 1. The highest BCUT2D eigenvalue weighted by Crippen LogP contribution is 2.35. The van der Waals surface area contributed by atoms with Gasteiger partial charge in [-0.15, -0.1) is 0 Å². The summed E-state index contributed by atoms with van der Waals surface area (Å²) in [6.07, 6.45) is 1.37. The Bertz CT molecular complexity index is 1330. The second kappa shape index (κ2) is 9.67. The van der Waals surface area contributed by atoms with Crippen molar-refractivity contribution in [3.8, 4) is 17.2 Å². The Morgan fingerprint density at radius 1 is 0.788 bits per heavy atom. The van der Waals surface area contributed by atoms with Crippen molar-refractivity contribution in [2.75, 3.05) is 4.90 Å². The molecular weight excluding hydrogens is 408 g/mol. The molecule has 0 bridgehead atoms. The number of anilines is 3. The van der Waals surface area contributed by atoms with Crippen molar-refractivity contribution in [2.24, 2.45) is 0 Å². The van der Waals surface area contributed by atoms with E-state index in [1.807, 2.05) is 42.5 Å². The third kappa shape index (κ3) is 5.00. The minimum atomic E-state index is -1.23. The van der Waals surface area contributed by atoms with Crippen molar-refractivity contribution in [3.05, 3.63) is 120 Å². The monoisotopic (exact) mass is 430 g/mol. The normalized spacial score (nSPS) is 11.0. The molecule has 0 aliphatic rings. The summed E-state index contributed by atoms with van der Waals surface area (Å²) in [5, 5.41) is 18.0. The number of nitrogens with zero attached hydrogens (tertiary/aromatic N) is 2. The maximum atomic E-state index is 11.0. The van der Waals surface area contributed by atoms with E-state index in [0.29, 0.717) is 5.56 Å². The first-order valence-electron chi connectivity index (χ1n) is 10.5. The van der Waals surface area contributed by atoms with E-state index in [-0.39, 0.29) is 5.57 Å². The lowest BCUT2D eigenvalue weighted by Gasteiger charge is -2.26. The van der Waals surface area contributed by atoms with Crippen molar-refractivity contribution < 1.29 is 9.90 Å². The second-order valence-corrected chi connectivity index (χ2v) is 7.65. The number of hydrogen-bond acceptors (Lipinski definition) is 3. The molecule has 4 rings (SSSR count). The molecule has 4 nitrogen and oxygen atoms in total. The van der Waals surface area contributed by atoms with Crippen LogP contribution in [0, 0.1) is 18.3 Å². The molecule has 0 heterocycles. The van der Waals surface area contributed by atoms with Gasteiger partial charge in [-0.3, -0.25) is 0 Å². The van der Waals surface area contributed by atoms with Crippen molar-refractivity contribution in [1.29, 1.82) is 5.26 Å². The van der Waals surface area contributed by atoms with E-state index in [1.54, 1.807) is 6.07 Å². The van der Waals surface area contributed by atoms with E-state index in [0.717, 1.165) is 28.2 Å². The minimum Gasteiger partial charge on any atom is -0.477 e. The molecule has 0 amide bonds. The number of hydrogen-bond donors (Lipinski definition) is 1. The highest BCUT2D eigenvalue weighted by atomic mass is 16.4. The molecule has 0 aliphatic heterocycles. The van der Waals surface area contributed by atoms with E-state index >= 15 is 0 Å². The number of nitriles is 1. The summed E-state index contributed by atoms with van der Waals surface area (Å²) >= 11 is 0. The van der Waals surface area contributed by atoms with Gasteiger partial charge in [0.25, 0.3) is 0 Å². The Hall–Kier alpha value is -4.62. The van der Waals surface area contributed by atoms with Crippen molar-refractivity contribution in [3.63, 3.8) is 0 Å². The predicted molar refractivity (Wildman–Crippen MR) is 133 cm³/mol. The van der Waals surface area contributed by atoms with Gasteiger partial charge < -0.3 is 10.0 Å². The average Bonchev–Trinajstić information content (AvgIpc) is 2.84. The number of aryl methyl sites for hydroxylation is 1. The highest BCUT2D eigenvalue weighted by molar-refractivity contribution is 5.96. The first-order chi connectivity index (χ1) is 16.0. The van der Waals surface area contributed by atoms with Gasteiger partial charge in [-0.05, 0) is 71.7 Å². The van der Waals surface area contributed by atoms with E-state index < -0.39 is 5.97 Å². The fraction of sp³-hybridized carbons (Fsp3) is 0.0345. The maximum Gasteiger partial charge on any atom is 0.346 e. The van der Waals surface area contributed by atoms with Crippen LogP contribution in [0.1, 0.15) is 11.1 Å². The predicted octanol–water partition coefficient (Wildman–Crippen LogP) is 7.12. The number of carboxylic acids is 1. The molecule has 0 unspecified atom stereocenters. The third-order valence-electron chi connectivity index (χ3n) is 5.31. The number of carboxylic acid groups (broad SMARTS) is 1. The summed E-state index contributed by atoms with van der Waals surface area (Å²) in [5.41, 5.74) is 6.86. The fourth-order valence-corrected chi connectivity index (χ4v) is 3.67. The standard InChI is InChI=1S/C29H22N2O2/c1-21-6-5-9-28(18-21)31(26-7-3-2-4-8-26)27-16-14-24(15-17-27)23-12-10-22(11-13-23)19-25(20-30)29(32)33/h2-19H,1H3,(H,32,33)/b25-19-. The van der Waals surface area contributed by atoms with Crippen LogP contribution in [0.15, 0.2) is 109 Å². The number of benzene rings is 4. The Morgan fingerprint density at radius 3 is 1.94 bits per heavy atom. The fourth-order valence-electron chi connectivity index (χ4n) is 3.67. The highest BCUT2D eigenvalue weighted by Gasteiger charge is 2.12. The Kier molecular flexibility index (Phi) is 6.33. The third-order valence-corrected chi connectivity index (χ3v) is 5.31. The second-order valence-electron chi connectivity index (χ2n) is 7.65. The summed E-state index contributed by atoms with van der Waals surface area (Å²) in [5.74, 6) is -1.23. The topological polar surface area (TPSA) is 64.3 Å². The maximum absolute atomic E-state index is 11.0. The van der Waals surface area contributed by atoms with Crippen LogP contribution in [-0.2, 0) is 4.79 Å². The first kappa shape index (κ1) is 21.6. The first-order valence-corrected chi connectivity index (χ1v) is 10.5. The van der Waals surface area contributed by atoms with Gasteiger partial charge in [-0.2, -0.15) is 5.26 Å². The number of rotatable bonds is 6. The summed E-state index contributed by atoms with van der Waals surface area (Å²) in [6.45, 7) is 2.09. The SMILES string of the molecule is Cc1cccc(N(c2ccccc2)c2ccc(-c3ccc(/C=C(/C#N)C(=O)O)cc3)cc2)c1. The largest absolute Gasteiger partial charge is 0.477 e. The van der Waals surface area contributed by atoms with Crippen molar-refractivity contribution in [2.45, 2.75) is 6.92 Å². The van der Waals surface area contributed by atoms with Crippen LogP contribution in [-0.4, -0.2) is 11.1 Å². The summed E-state index contributed by atoms with van der Waals surface area (Å²) < 4.78 is 0. The van der Waals surface area contributed by atoms with Crippen LogP contribution in [0.4, 0.5) is 17.1 Å². The lowest BCUT2D eigenvalue weighted by atomic mass is 10.0. The van der Waals surface area contributed by atoms with E-state index in [2.05, 4.69) is 72.5 Å². The Morgan fingerprint density at radius 2 is 1.36 bits per heavy atom. The molecule has 33 heavy (non-hydrogen) atoms. The lowest BCUT2D eigenvalue weighted by Crippen LogP contribution is -2.09. The summed E-state index contributed by atoms with van der Waals surface area (Å²) in [7, 11) is 0. The van der Waals surface area contributed by atoms with Gasteiger partial charge >= 0.3 is 5.97 Å². The van der Waals surface area contributed by atoms with Gasteiger partial charge in [0.05, 0.1) is 0 Å².